The molecule has 2 atom stereocenters. The van der Waals surface area contributed by atoms with Crippen molar-refractivity contribution < 1.29 is 4.39 Å². The number of halogens is 1. The van der Waals surface area contributed by atoms with Crippen LogP contribution in [0.5, 0.6) is 0 Å². The summed E-state index contributed by atoms with van der Waals surface area (Å²) in [5.41, 5.74) is 4.29. The summed E-state index contributed by atoms with van der Waals surface area (Å²) in [6.07, 6.45) is 4.49. The van der Waals surface area contributed by atoms with Crippen LogP contribution in [0, 0.1) is 12.7 Å². The third-order valence-electron chi connectivity index (χ3n) is 5.51. The molecular weight excluding hydrogens is 385 g/mol. The van der Waals surface area contributed by atoms with Gasteiger partial charge in [0.2, 0.25) is 0 Å². The summed E-state index contributed by atoms with van der Waals surface area (Å²) in [6.45, 7) is 1.86. The molecule has 0 saturated heterocycles. The molecule has 1 aliphatic heterocycles. The average molecular weight is 410 g/mol. The number of fused-ring (bicyclic) bond motifs is 1. The van der Waals surface area contributed by atoms with E-state index < -0.39 is 0 Å². The number of aryl methyl sites for hydroxylation is 2. The van der Waals surface area contributed by atoms with Crippen LogP contribution in [0.2, 0.25) is 0 Å². The van der Waals surface area contributed by atoms with E-state index in [0.29, 0.717) is 6.42 Å². The Bertz CT molecular complexity index is 1080. The maximum atomic E-state index is 13.6. The van der Waals surface area contributed by atoms with Crippen molar-refractivity contribution in [3.05, 3.63) is 87.7 Å². The van der Waals surface area contributed by atoms with Crippen molar-refractivity contribution in [1.29, 1.82) is 0 Å². The van der Waals surface area contributed by atoms with E-state index in [1.54, 1.807) is 18.0 Å². The van der Waals surface area contributed by atoms with Gasteiger partial charge in [0.1, 0.15) is 5.82 Å². The van der Waals surface area contributed by atoms with E-state index in [2.05, 4.69) is 10.8 Å². The minimum atomic E-state index is -0.276. The third-order valence-corrected chi connectivity index (χ3v) is 6.05. The fraction of sp³-hybridized carbons (Fsp3) is 0.304. The lowest BCUT2D eigenvalue weighted by molar-refractivity contribution is 0.318. The van der Waals surface area contributed by atoms with Crippen molar-refractivity contribution in [2.45, 2.75) is 38.3 Å². The van der Waals surface area contributed by atoms with Crippen molar-refractivity contribution in [2.75, 3.05) is 6.26 Å². The molecule has 4 rings (SSSR count). The van der Waals surface area contributed by atoms with Crippen LogP contribution >= 0.6 is 11.9 Å². The lowest BCUT2D eigenvalue weighted by Crippen LogP contribution is -2.45. The van der Waals surface area contributed by atoms with Crippen molar-refractivity contribution in [2.24, 2.45) is 0 Å². The normalized spacial score (nSPS) is 18.4. The van der Waals surface area contributed by atoms with Crippen molar-refractivity contribution in [3.63, 3.8) is 0 Å². The van der Waals surface area contributed by atoms with E-state index in [1.165, 1.54) is 12.1 Å². The highest BCUT2D eigenvalue weighted by molar-refractivity contribution is 7.96. The average Bonchev–Trinajstić information content (AvgIpc) is 2.72. The van der Waals surface area contributed by atoms with Gasteiger partial charge < -0.3 is 4.57 Å². The number of aromatic nitrogens is 2. The largest absolute Gasteiger partial charge is 0.307 e. The van der Waals surface area contributed by atoms with Gasteiger partial charge in [-0.3, -0.25) is 14.5 Å². The van der Waals surface area contributed by atoms with Crippen LogP contribution in [0.1, 0.15) is 29.4 Å². The van der Waals surface area contributed by atoms with Gasteiger partial charge in [-0.15, -0.1) is 0 Å². The fourth-order valence-corrected chi connectivity index (χ4v) is 4.65. The number of rotatable bonds is 5. The minimum absolute atomic E-state index is 0.0196. The molecule has 0 amide bonds. The first-order valence-corrected chi connectivity index (χ1v) is 11.0. The Labute approximate surface area is 174 Å². The number of pyridine rings is 2. The van der Waals surface area contributed by atoms with Crippen LogP contribution < -0.4 is 10.3 Å². The SMILES string of the molecule is CSNC1CCc2ccc(C)c(=O)n2C1Cc1cccc(-c2cccc(F)c2)n1. The molecule has 1 N–H and O–H groups in total. The second-order valence-electron chi connectivity index (χ2n) is 7.45. The molecule has 6 heteroatoms. The van der Waals surface area contributed by atoms with Crippen molar-refractivity contribution >= 4 is 11.9 Å². The fourth-order valence-electron chi connectivity index (χ4n) is 4.07. The molecular formula is C23H24FN3OS. The maximum absolute atomic E-state index is 13.6. The Morgan fingerprint density at radius 2 is 2.03 bits per heavy atom. The number of hydrogen-bond acceptors (Lipinski definition) is 4. The van der Waals surface area contributed by atoms with Gasteiger partial charge in [-0.1, -0.05) is 36.2 Å². The molecule has 0 saturated carbocycles. The molecule has 0 aliphatic carbocycles. The Balaban J connectivity index is 1.72. The summed E-state index contributed by atoms with van der Waals surface area (Å²) >= 11 is 1.58. The molecule has 1 aromatic carbocycles. The molecule has 0 radical (unpaired) electrons. The van der Waals surface area contributed by atoms with Crippen LogP contribution in [0.3, 0.4) is 0 Å². The molecule has 0 fully saturated rings. The molecule has 0 spiro atoms. The van der Waals surface area contributed by atoms with Crippen LogP contribution in [-0.2, 0) is 12.8 Å². The van der Waals surface area contributed by atoms with E-state index in [1.807, 2.05) is 48.1 Å². The lowest BCUT2D eigenvalue weighted by atomic mass is 9.92. The highest BCUT2D eigenvalue weighted by atomic mass is 32.2. The third kappa shape index (κ3) is 4.14. The molecule has 150 valence electrons. The number of hydrogen-bond donors (Lipinski definition) is 1. The molecule has 29 heavy (non-hydrogen) atoms. The summed E-state index contributed by atoms with van der Waals surface area (Å²) in [6, 6.07) is 16.4. The number of benzene rings is 1. The molecule has 3 aromatic rings. The molecule has 2 aromatic heterocycles. The van der Waals surface area contributed by atoms with Gasteiger partial charge in [-0.2, -0.15) is 0 Å². The maximum Gasteiger partial charge on any atom is 0.253 e. The van der Waals surface area contributed by atoms with Gasteiger partial charge >= 0.3 is 0 Å². The zero-order chi connectivity index (χ0) is 20.4. The second-order valence-corrected chi connectivity index (χ2v) is 8.09. The zero-order valence-electron chi connectivity index (χ0n) is 16.6. The van der Waals surface area contributed by atoms with E-state index in [0.717, 1.165) is 41.1 Å². The predicted octanol–water partition coefficient (Wildman–Crippen LogP) is 4.32. The van der Waals surface area contributed by atoms with Gasteiger partial charge in [-0.05, 0) is 56.4 Å². The highest BCUT2D eigenvalue weighted by Crippen LogP contribution is 2.28. The van der Waals surface area contributed by atoms with Gasteiger partial charge in [0.05, 0.1) is 11.7 Å². The van der Waals surface area contributed by atoms with Gasteiger partial charge in [0, 0.05) is 35.0 Å². The molecule has 3 heterocycles. The van der Waals surface area contributed by atoms with Crippen LogP contribution in [-0.4, -0.2) is 21.8 Å². The number of nitrogens with zero attached hydrogens (tertiary/aromatic N) is 2. The van der Waals surface area contributed by atoms with Crippen molar-refractivity contribution in [3.8, 4) is 11.3 Å². The Kier molecular flexibility index (Phi) is 5.83. The van der Waals surface area contributed by atoms with E-state index in [4.69, 9.17) is 4.98 Å². The van der Waals surface area contributed by atoms with Gasteiger partial charge in [0.15, 0.2) is 0 Å². The summed E-state index contributed by atoms with van der Waals surface area (Å²) in [5, 5.41) is 0. The topological polar surface area (TPSA) is 46.9 Å². The van der Waals surface area contributed by atoms with Gasteiger partial charge in [-0.25, -0.2) is 4.39 Å². The van der Waals surface area contributed by atoms with E-state index >= 15 is 0 Å². The summed E-state index contributed by atoms with van der Waals surface area (Å²) in [7, 11) is 0. The first kappa shape index (κ1) is 19.9. The zero-order valence-corrected chi connectivity index (χ0v) is 17.4. The number of nitrogens with one attached hydrogen (secondary N) is 1. The molecule has 0 bridgehead atoms. The monoisotopic (exact) mass is 409 g/mol. The van der Waals surface area contributed by atoms with Crippen molar-refractivity contribution in [1.82, 2.24) is 14.3 Å². The van der Waals surface area contributed by atoms with E-state index in [-0.39, 0.29) is 23.5 Å². The van der Waals surface area contributed by atoms with Crippen LogP contribution in [0.25, 0.3) is 11.3 Å². The standard InChI is InChI=1S/C23H24FN3OS/c1-15-9-10-19-11-12-21(26-29-2)22(27(19)23(15)28)14-18-7-4-8-20(25-18)16-5-3-6-17(24)13-16/h3-10,13,21-22,26H,11-12,14H2,1-2H3. The summed E-state index contributed by atoms with van der Waals surface area (Å²) in [5.74, 6) is -0.276. The van der Waals surface area contributed by atoms with E-state index in [9.17, 15) is 9.18 Å². The first-order valence-electron chi connectivity index (χ1n) is 9.78. The Morgan fingerprint density at radius 3 is 2.83 bits per heavy atom. The molecule has 1 aliphatic rings. The van der Waals surface area contributed by atoms with Gasteiger partial charge in [0.25, 0.3) is 5.56 Å². The minimum Gasteiger partial charge on any atom is -0.307 e. The second kappa shape index (κ2) is 8.51. The Morgan fingerprint density at radius 1 is 1.21 bits per heavy atom. The quantitative estimate of drug-likeness (QED) is 0.638. The van der Waals surface area contributed by atoms with Crippen LogP contribution in [0.4, 0.5) is 4.39 Å². The predicted molar refractivity (Wildman–Crippen MR) is 117 cm³/mol. The molecule has 2 unspecified atom stereocenters. The van der Waals surface area contributed by atoms with Crippen LogP contribution in [0.15, 0.2) is 59.4 Å². The molecule has 4 nitrogen and oxygen atoms in total. The summed E-state index contributed by atoms with van der Waals surface area (Å²) < 4.78 is 19.1. The highest BCUT2D eigenvalue weighted by Gasteiger charge is 2.30. The first-order chi connectivity index (χ1) is 14.1. The lowest BCUT2D eigenvalue weighted by Gasteiger charge is -2.35. The Hall–Kier alpha value is -2.44. The summed E-state index contributed by atoms with van der Waals surface area (Å²) in [4.78, 5) is 17.7. The smallest absolute Gasteiger partial charge is 0.253 e.